The van der Waals surface area contributed by atoms with Gasteiger partial charge in [-0.1, -0.05) is 0 Å². The van der Waals surface area contributed by atoms with Crippen LogP contribution in [0.5, 0.6) is 0 Å². The van der Waals surface area contributed by atoms with Gasteiger partial charge in [0.25, 0.3) is 0 Å². The minimum absolute atomic E-state index is 0.0123. The Balaban J connectivity index is 2.66. The first-order valence-corrected chi connectivity index (χ1v) is 5.06. The number of carbonyl (C=O) groups is 2. The average molecular weight is 238 g/mol. The lowest BCUT2D eigenvalue weighted by atomic mass is 10.1. The Kier molecular flexibility index (Phi) is 4.59. The highest BCUT2D eigenvalue weighted by molar-refractivity contribution is 5.88. The molecule has 0 amide bonds. The lowest BCUT2D eigenvalue weighted by molar-refractivity contribution is -0.137. The smallest absolute Gasteiger partial charge is 0.339 e. The van der Waals surface area contributed by atoms with E-state index in [2.05, 4.69) is 9.72 Å². The Labute approximate surface area is 98.4 Å². The fourth-order valence-electron chi connectivity index (χ4n) is 1.29. The van der Waals surface area contributed by atoms with Crippen LogP contribution in [-0.2, 0) is 9.53 Å². The van der Waals surface area contributed by atoms with Gasteiger partial charge in [-0.05, 0) is 18.6 Å². The van der Waals surface area contributed by atoms with Crippen LogP contribution in [0.4, 0.5) is 0 Å². The predicted octanol–water partition coefficient (Wildman–Crippen LogP) is 0.733. The van der Waals surface area contributed by atoms with Crippen molar-refractivity contribution in [1.82, 2.24) is 4.98 Å². The van der Waals surface area contributed by atoms with Gasteiger partial charge in [-0.15, -0.1) is 0 Å². The van der Waals surface area contributed by atoms with E-state index in [1.165, 1.54) is 13.3 Å². The molecule has 0 aliphatic carbocycles. The number of carboxylic acid groups (broad SMARTS) is 1. The van der Waals surface area contributed by atoms with Crippen LogP contribution in [0.2, 0.25) is 0 Å². The highest BCUT2D eigenvalue weighted by Crippen LogP contribution is 2.14. The molecule has 6 heteroatoms. The van der Waals surface area contributed by atoms with Crippen LogP contribution in [0.15, 0.2) is 18.3 Å². The topological polar surface area (TPSA) is 103 Å². The Morgan fingerprint density at radius 2 is 2.24 bits per heavy atom. The van der Waals surface area contributed by atoms with Crippen molar-refractivity contribution in [2.75, 3.05) is 7.11 Å². The second kappa shape index (κ2) is 5.95. The molecule has 0 aliphatic heterocycles. The molecule has 1 unspecified atom stereocenters. The number of methoxy groups -OCH3 is 1. The summed E-state index contributed by atoms with van der Waals surface area (Å²) < 4.78 is 4.53. The number of pyridine rings is 1. The number of ether oxygens (including phenoxy) is 1. The molecule has 0 bridgehead atoms. The van der Waals surface area contributed by atoms with Crippen molar-refractivity contribution < 1.29 is 19.4 Å². The monoisotopic (exact) mass is 238 g/mol. The van der Waals surface area contributed by atoms with E-state index in [4.69, 9.17) is 10.8 Å². The third-order valence-electron chi connectivity index (χ3n) is 2.26. The van der Waals surface area contributed by atoms with Gasteiger partial charge in [0.1, 0.15) is 0 Å². The van der Waals surface area contributed by atoms with E-state index in [1.54, 1.807) is 12.1 Å². The van der Waals surface area contributed by atoms with Crippen molar-refractivity contribution in [3.8, 4) is 0 Å². The molecule has 0 fully saturated rings. The fourth-order valence-corrected chi connectivity index (χ4v) is 1.29. The molecule has 17 heavy (non-hydrogen) atoms. The molecule has 6 nitrogen and oxygen atoms in total. The van der Waals surface area contributed by atoms with Crippen LogP contribution < -0.4 is 5.73 Å². The third kappa shape index (κ3) is 3.84. The zero-order chi connectivity index (χ0) is 12.8. The number of hydrogen-bond acceptors (Lipinski definition) is 5. The molecule has 0 aliphatic rings. The number of rotatable bonds is 5. The Morgan fingerprint density at radius 3 is 2.71 bits per heavy atom. The number of hydrogen-bond donors (Lipinski definition) is 2. The standard InChI is InChI=1S/C11H14N2O4/c1-17-11(16)7-2-4-9(13-6-7)8(12)3-5-10(14)15/h2,4,6,8H,3,5,12H2,1H3,(H,14,15). The maximum Gasteiger partial charge on any atom is 0.339 e. The SMILES string of the molecule is COC(=O)c1ccc(C(N)CCC(=O)O)nc1. The summed E-state index contributed by atoms with van der Waals surface area (Å²) >= 11 is 0. The second-order valence-electron chi connectivity index (χ2n) is 3.50. The average Bonchev–Trinajstić information content (AvgIpc) is 2.35. The number of nitrogens with zero attached hydrogens (tertiary/aromatic N) is 1. The van der Waals surface area contributed by atoms with Crippen LogP contribution in [0, 0.1) is 0 Å². The molecule has 0 saturated heterocycles. The molecule has 0 radical (unpaired) electrons. The summed E-state index contributed by atoms with van der Waals surface area (Å²) in [6.45, 7) is 0. The first-order chi connectivity index (χ1) is 8.04. The minimum atomic E-state index is -0.897. The van der Waals surface area contributed by atoms with Gasteiger partial charge in [-0.3, -0.25) is 9.78 Å². The van der Waals surface area contributed by atoms with Gasteiger partial charge in [0.2, 0.25) is 0 Å². The largest absolute Gasteiger partial charge is 0.481 e. The zero-order valence-corrected chi connectivity index (χ0v) is 9.42. The van der Waals surface area contributed by atoms with Gasteiger partial charge < -0.3 is 15.6 Å². The normalized spacial score (nSPS) is 11.9. The van der Waals surface area contributed by atoms with Crippen LogP contribution in [0.1, 0.15) is 34.9 Å². The molecule has 1 aromatic rings. The van der Waals surface area contributed by atoms with Crippen LogP contribution in [0.3, 0.4) is 0 Å². The third-order valence-corrected chi connectivity index (χ3v) is 2.26. The molecule has 92 valence electrons. The van der Waals surface area contributed by atoms with E-state index < -0.39 is 18.0 Å². The molecule has 0 saturated carbocycles. The zero-order valence-electron chi connectivity index (χ0n) is 9.42. The van der Waals surface area contributed by atoms with Gasteiger partial charge in [0, 0.05) is 18.7 Å². The van der Waals surface area contributed by atoms with E-state index in [1.807, 2.05) is 0 Å². The molecular weight excluding hydrogens is 224 g/mol. The maximum absolute atomic E-state index is 11.1. The van der Waals surface area contributed by atoms with E-state index >= 15 is 0 Å². The summed E-state index contributed by atoms with van der Waals surface area (Å²) in [6, 6.07) is 2.70. The summed E-state index contributed by atoms with van der Waals surface area (Å²) in [4.78, 5) is 25.5. The van der Waals surface area contributed by atoms with Crippen molar-refractivity contribution in [2.24, 2.45) is 5.73 Å². The van der Waals surface area contributed by atoms with Crippen molar-refractivity contribution >= 4 is 11.9 Å². The lowest BCUT2D eigenvalue weighted by Crippen LogP contribution is -2.14. The number of aliphatic carboxylic acids is 1. The molecule has 1 rings (SSSR count). The maximum atomic E-state index is 11.1. The fraction of sp³-hybridized carbons (Fsp3) is 0.364. The summed E-state index contributed by atoms with van der Waals surface area (Å²) in [5, 5.41) is 8.52. The number of nitrogens with two attached hydrogens (primary N) is 1. The van der Waals surface area contributed by atoms with Crippen LogP contribution in [-0.4, -0.2) is 29.1 Å². The first kappa shape index (κ1) is 13.1. The summed E-state index contributed by atoms with van der Waals surface area (Å²) in [5.74, 6) is -1.37. The molecule has 0 aromatic carbocycles. The first-order valence-electron chi connectivity index (χ1n) is 5.06. The Bertz CT molecular complexity index is 402. The summed E-state index contributed by atoms with van der Waals surface area (Å²) in [5.41, 5.74) is 6.65. The van der Waals surface area contributed by atoms with Crippen molar-refractivity contribution in [3.05, 3.63) is 29.6 Å². The highest BCUT2D eigenvalue weighted by Gasteiger charge is 2.11. The highest BCUT2D eigenvalue weighted by atomic mass is 16.5. The number of carboxylic acids is 1. The van der Waals surface area contributed by atoms with Crippen molar-refractivity contribution in [1.29, 1.82) is 0 Å². The van der Waals surface area contributed by atoms with E-state index in [-0.39, 0.29) is 6.42 Å². The van der Waals surface area contributed by atoms with Crippen LogP contribution in [0.25, 0.3) is 0 Å². The summed E-state index contributed by atoms with van der Waals surface area (Å²) in [7, 11) is 1.29. The number of carbonyl (C=O) groups excluding carboxylic acids is 1. The van der Waals surface area contributed by atoms with Crippen molar-refractivity contribution in [3.63, 3.8) is 0 Å². The minimum Gasteiger partial charge on any atom is -0.481 e. The molecule has 1 atom stereocenters. The van der Waals surface area contributed by atoms with E-state index in [0.29, 0.717) is 17.7 Å². The van der Waals surface area contributed by atoms with Gasteiger partial charge in [0.15, 0.2) is 0 Å². The Hall–Kier alpha value is -1.95. The predicted molar refractivity (Wildman–Crippen MR) is 59.4 cm³/mol. The second-order valence-corrected chi connectivity index (χ2v) is 3.50. The lowest BCUT2D eigenvalue weighted by Gasteiger charge is -2.09. The van der Waals surface area contributed by atoms with E-state index in [9.17, 15) is 9.59 Å². The van der Waals surface area contributed by atoms with Gasteiger partial charge in [-0.25, -0.2) is 4.79 Å². The van der Waals surface area contributed by atoms with Gasteiger partial charge in [0.05, 0.1) is 18.4 Å². The molecule has 1 heterocycles. The van der Waals surface area contributed by atoms with E-state index in [0.717, 1.165) is 0 Å². The van der Waals surface area contributed by atoms with Crippen LogP contribution >= 0.6 is 0 Å². The molecule has 3 N–H and O–H groups in total. The molecule has 0 spiro atoms. The molecule has 1 aromatic heterocycles. The number of aromatic nitrogens is 1. The van der Waals surface area contributed by atoms with Gasteiger partial charge in [-0.2, -0.15) is 0 Å². The summed E-state index contributed by atoms with van der Waals surface area (Å²) in [6.07, 6.45) is 1.66. The van der Waals surface area contributed by atoms with Crippen molar-refractivity contribution in [2.45, 2.75) is 18.9 Å². The molecular formula is C11H14N2O4. The quantitative estimate of drug-likeness (QED) is 0.733. The van der Waals surface area contributed by atoms with Gasteiger partial charge >= 0.3 is 11.9 Å². The number of esters is 1. The Morgan fingerprint density at radius 1 is 1.53 bits per heavy atom.